The van der Waals surface area contributed by atoms with Crippen LogP contribution in [0.1, 0.15) is 16.7 Å². The fourth-order valence-electron chi connectivity index (χ4n) is 1.86. The molecule has 0 heterocycles. The summed E-state index contributed by atoms with van der Waals surface area (Å²) in [7, 11) is 0. The van der Waals surface area contributed by atoms with Gasteiger partial charge in [-0.3, -0.25) is 0 Å². The quantitative estimate of drug-likeness (QED) is 0.849. The van der Waals surface area contributed by atoms with Gasteiger partial charge in [-0.25, -0.2) is 0 Å². The van der Waals surface area contributed by atoms with Gasteiger partial charge in [-0.05, 0) is 47.4 Å². The predicted octanol–water partition coefficient (Wildman–Crippen LogP) is 2.99. The highest BCUT2D eigenvalue weighted by atomic mass is 14.5. The zero-order valence-electron chi connectivity index (χ0n) is 9.77. The molecular formula is C15H14N2. The van der Waals surface area contributed by atoms with Crippen molar-refractivity contribution < 1.29 is 0 Å². The Hall–Kier alpha value is -2.11. The van der Waals surface area contributed by atoms with Crippen molar-refractivity contribution in [2.24, 2.45) is 5.73 Å². The van der Waals surface area contributed by atoms with E-state index in [1.807, 2.05) is 30.3 Å². The van der Waals surface area contributed by atoms with Crippen molar-refractivity contribution in [1.82, 2.24) is 0 Å². The summed E-state index contributed by atoms with van der Waals surface area (Å²) >= 11 is 0. The van der Waals surface area contributed by atoms with Crippen LogP contribution in [0.5, 0.6) is 0 Å². The van der Waals surface area contributed by atoms with Crippen molar-refractivity contribution in [2.75, 3.05) is 0 Å². The molecule has 2 heteroatoms. The Labute approximate surface area is 101 Å². The number of hydrogen-bond acceptors (Lipinski definition) is 2. The van der Waals surface area contributed by atoms with Gasteiger partial charge in [-0.1, -0.05) is 24.3 Å². The minimum absolute atomic E-state index is 0.533. The molecule has 17 heavy (non-hydrogen) atoms. The molecule has 0 radical (unpaired) electrons. The monoisotopic (exact) mass is 222 g/mol. The van der Waals surface area contributed by atoms with E-state index in [1.54, 1.807) is 0 Å². The number of nitrogens with two attached hydrogens (primary N) is 1. The molecule has 2 aromatic carbocycles. The highest BCUT2D eigenvalue weighted by Gasteiger charge is 2.03. The third kappa shape index (κ3) is 2.35. The van der Waals surface area contributed by atoms with Crippen LogP contribution < -0.4 is 5.73 Å². The molecule has 0 bridgehead atoms. The van der Waals surface area contributed by atoms with Gasteiger partial charge in [0, 0.05) is 6.54 Å². The fraction of sp³-hybridized carbons (Fsp3) is 0.133. The van der Waals surface area contributed by atoms with E-state index in [0.717, 1.165) is 16.7 Å². The Kier molecular flexibility index (Phi) is 3.22. The van der Waals surface area contributed by atoms with Crippen molar-refractivity contribution in [3.05, 3.63) is 59.2 Å². The molecule has 0 aromatic heterocycles. The van der Waals surface area contributed by atoms with Crippen molar-refractivity contribution in [3.63, 3.8) is 0 Å². The Bertz CT molecular complexity index is 580. The summed E-state index contributed by atoms with van der Waals surface area (Å²) in [4.78, 5) is 0. The number of hydrogen-bond donors (Lipinski definition) is 1. The molecule has 2 rings (SSSR count). The summed E-state index contributed by atoms with van der Waals surface area (Å²) in [6, 6.07) is 16.0. The molecule has 2 N–H and O–H groups in total. The van der Waals surface area contributed by atoms with Crippen LogP contribution in [0.3, 0.4) is 0 Å². The van der Waals surface area contributed by atoms with E-state index in [1.165, 1.54) is 5.56 Å². The molecule has 0 fully saturated rings. The molecule has 0 aliphatic heterocycles. The van der Waals surface area contributed by atoms with Crippen LogP contribution >= 0.6 is 0 Å². The average molecular weight is 222 g/mol. The molecule has 84 valence electrons. The predicted molar refractivity (Wildman–Crippen MR) is 69.2 cm³/mol. The maximum Gasteiger partial charge on any atom is 0.0991 e. The number of nitrogens with zero attached hydrogens (tertiary/aromatic N) is 1. The minimum atomic E-state index is 0.533. The van der Waals surface area contributed by atoms with Crippen LogP contribution in [0.4, 0.5) is 0 Å². The first-order valence-corrected chi connectivity index (χ1v) is 5.54. The second-order valence-electron chi connectivity index (χ2n) is 4.05. The Balaban J connectivity index is 2.55. The molecule has 0 amide bonds. The summed E-state index contributed by atoms with van der Waals surface area (Å²) in [5, 5.41) is 8.91. The summed E-state index contributed by atoms with van der Waals surface area (Å²) in [6.07, 6.45) is 0. The third-order valence-electron chi connectivity index (χ3n) is 2.84. The largest absolute Gasteiger partial charge is 0.326 e. The molecule has 0 spiro atoms. The Morgan fingerprint density at radius 3 is 2.71 bits per heavy atom. The van der Waals surface area contributed by atoms with Gasteiger partial charge in [-0.2, -0.15) is 5.26 Å². The molecule has 2 nitrogen and oxygen atoms in total. The van der Waals surface area contributed by atoms with Gasteiger partial charge in [-0.15, -0.1) is 0 Å². The summed E-state index contributed by atoms with van der Waals surface area (Å²) in [5.74, 6) is 0. The van der Waals surface area contributed by atoms with Gasteiger partial charge >= 0.3 is 0 Å². The molecule has 0 saturated carbocycles. The van der Waals surface area contributed by atoms with Gasteiger partial charge < -0.3 is 5.73 Å². The number of nitriles is 1. The molecule has 0 unspecified atom stereocenters. The first-order chi connectivity index (χ1) is 8.24. The van der Waals surface area contributed by atoms with Gasteiger partial charge in [0.1, 0.15) is 0 Å². The summed E-state index contributed by atoms with van der Waals surface area (Å²) in [5.41, 5.74) is 10.8. The first kappa shape index (κ1) is 11.4. The zero-order chi connectivity index (χ0) is 12.3. The van der Waals surface area contributed by atoms with E-state index in [9.17, 15) is 0 Å². The second kappa shape index (κ2) is 4.82. The highest BCUT2D eigenvalue weighted by molar-refractivity contribution is 5.69. The van der Waals surface area contributed by atoms with Gasteiger partial charge in [0.2, 0.25) is 0 Å². The Morgan fingerprint density at radius 2 is 2.00 bits per heavy atom. The van der Waals surface area contributed by atoms with E-state index in [-0.39, 0.29) is 0 Å². The lowest BCUT2D eigenvalue weighted by atomic mass is 9.97. The van der Waals surface area contributed by atoms with Crippen LogP contribution in [-0.4, -0.2) is 0 Å². The van der Waals surface area contributed by atoms with E-state index in [4.69, 9.17) is 11.0 Å². The van der Waals surface area contributed by atoms with E-state index in [0.29, 0.717) is 12.1 Å². The normalized spacial score (nSPS) is 9.94. The molecule has 0 saturated heterocycles. The van der Waals surface area contributed by atoms with E-state index < -0.39 is 0 Å². The zero-order valence-corrected chi connectivity index (χ0v) is 9.77. The van der Waals surface area contributed by atoms with Crippen LogP contribution in [-0.2, 0) is 6.54 Å². The lowest BCUT2D eigenvalue weighted by Gasteiger charge is -2.08. The lowest BCUT2D eigenvalue weighted by molar-refractivity contribution is 1.07. The van der Waals surface area contributed by atoms with Gasteiger partial charge in [0.25, 0.3) is 0 Å². The average Bonchev–Trinajstić information content (AvgIpc) is 2.39. The lowest BCUT2D eigenvalue weighted by Crippen LogP contribution is -1.97. The maximum absolute atomic E-state index is 8.91. The fourth-order valence-corrected chi connectivity index (χ4v) is 1.86. The van der Waals surface area contributed by atoms with Crippen LogP contribution in [0.25, 0.3) is 11.1 Å². The van der Waals surface area contributed by atoms with Crippen molar-refractivity contribution in [2.45, 2.75) is 13.5 Å². The van der Waals surface area contributed by atoms with Crippen LogP contribution in [0, 0.1) is 18.3 Å². The molecule has 0 aliphatic rings. The smallest absolute Gasteiger partial charge is 0.0991 e. The number of rotatable bonds is 2. The highest BCUT2D eigenvalue weighted by Crippen LogP contribution is 2.25. The minimum Gasteiger partial charge on any atom is -0.326 e. The van der Waals surface area contributed by atoms with E-state index in [2.05, 4.69) is 25.1 Å². The molecule has 0 aliphatic carbocycles. The summed E-state index contributed by atoms with van der Waals surface area (Å²) < 4.78 is 0. The topological polar surface area (TPSA) is 49.8 Å². The standard InChI is InChI=1S/C15H14N2/c1-11-5-6-13(10-17)8-15(11)14-4-2-3-12(7-14)9-16/h2-8H,10,17H2,1H3. The molecule has 0 atom stereocenters. The van der Waals surface area contributed by atoms with Crippen LogP contribution in [0.2, 0.25) is 0 Å². The van der Waals surface area contributed by atoms with E-state index >= 15 is 0 Å². The number of benzene rings is 2. The maximum atomic E-state index is 8.91. The van der Waals surface area contributed by atoms with Crippen molar-refractivity contribution in [3.8, 4) is 17.2 Å². The first-order valence-electron chi connectivity index (χ1n) is 5.54. The third-order valence-corrected chi connectivity index (χ3v) is 2.84. The SMILES string of the molecule is Cc1ccc(CN)cc1-c1cccc(C#N)c1. The summed E-state index contributed by atoms with van der Waals surface area (Å²) in [6.45, 7) is 2.60. The second-order valence-corrected chi connectivity index (χ2v) is 4.05. The van der Waals surface area contributed by atoms with Crippen molar-refractivity contribution >= 4 is 0 Å². The molecule has 2 aromatic rings. The van der Waals surface area contributed by atoms with Gasteiger partial charge in [0.05, 0.1) is 11.6 Å². The van der Waals surface area contributed by atoms with Crippen LogP contribution in [0.15, 0.2) is 42.5 Å². The van der Waals surface area contributed by atoms with Gasteiger partial charge in [0.15, 0.2) is 0 Å². The number of aryl methyl sites for hydroxylation is 1. The Morgan fingerprint density at radius 1 is 1.18 bits per heavy atom. The molecular weight excluding hydrogens is 208 g/mol. The van der Waals surface area contributed by atoms with Crippen molar-refractivity contribution in [1.29, 1.82) is 5.26 Å².